The Bertz CT molecular complexity index is 660. The molecule has 24 heavy (non-hydrogen) atoms. The van der Waals surface area contributed by atoms with Gasteiger partial charge in [0.05, 0.1) is 0 Å². The monoisotopic (exact) mass is 324 g/mol. The highest BCUT2D eigenvalue weighted by atomic mass is 15.4. The molecule has 1 N–H and O–H groups in total. The summed E-state index contributed by atoms with van der Waals surface area (Å²) in [6.45, 7) is 6.50. The van der Waals surface area contributed by atoms with Crippen molar-refractivity contribution in [1.29, 1.82) is 0 Å². The van der Waals surface area contributed by atoms with E-state index in [2.05, 4.69) is 61.3 Å². The molecule has 0 bridgehead atoms. The van der Waals surface area contributed by atoms with Crippen LogP contribution in [0.25, 0.3) is 0 Å². The summed E-state index contributed by atoms with van der Waals surface area (Å²) in [5.41, 5.74) is 2.54. The highest BCUT2D eigenvalue weighted by Gasteiger charge is 2.20. The number of guanidine groups is 1. The third-order valence-corrected chi connectivity index (χ3v) is 4.20. The van der Waals surface area contributed by atoms with Gasteiger partial charge in [-0.25, -0.2) is 9.97 Å². The van der Waals surface area contributed by atoms with Crippen molar-refractivity contribution in [3.63, 3.8) is 0 Å². The van der Waals surface area contributed by atoms with Crippen molar-refractivity contribution in [1.82, 2.24) is 20.2 Å². The Balaban J connectivity index is 1.53. The second kappa shape index (κ2) is 7.77. The van der Waals surface area contributed by atoms with Gasteiger partial charge in [-0.1, -0.05) is 29.8 Å². The van der Waals surface area contributed by atoms with E-state index in [9.17, 15) is 0 Å². The van der Waals surface area contributed by atoms with Crippen LogP contribution in [0.2, 0.25) is 0 Å². The molecule has 0 atom stereocenters. The molecule has 6 heteroatoms. The summed E-state index contributed by atoms with van der Waals surface area (Å²) in [5.74, 6) is 1.75. The van der Waals surface area contributed by atoms with E-state index in [4.69, 9.17) is 0 Å². The molecule has 1 aliphatic rings. The summed E-state index contributed by atoms with van der Waals surface area (Å²) in [4.78, 5) is 17.6. The fraction of sp³-hybridized carbons (Fsp3) is 0.389. The van der Waals surface area contributed by atoms with Gasteiger partial charge in [-0.15, -0.1) is 0 Å². The van der Waals surface area contributed by atoms with Crippen LogP contribution in [0.4, 0.5) is 5.95 Å². The largest absolute Gasteiger partial charge is 0.352 e. The Morgan fingerprint density at radius 3 is 2.38 bits per heavy atom. The molecule has 3 rings (SSSR count). The minimum atomic E-state index is 0.787. The smallest absolute Gasteiger partial charge is 0.225 e. The van der Waals surface area contributed by atoms with Crippen LogP contribution in [0, 0.1) is 6.92 Å². The first-order valence-corrected chi connectivity index (χ1v) is 8.29. The van der Waals surface area contributed by atoms with Crippen LogP contribution in [0.3, 0.4) is 0 Å². The molecule has 1 aromatic carbocycles. The molecular weight excluding hydrogens is 300 g/mol. The summed E-state index contributed by atoms with van der Waals surface area (Å²) < 4.78 is 0. The zero-order chi connectivity index (χ0) is 16.8. The number of aliphatic imine (C=N–C) groups is 1. The summed E-state index contributed by atoms with van der Waals surface area (Å²) >= 11 is 0. The Kier molecular flexibility index (Phi) is 5.25. The molecule has 1 saturated heterocycles. The van der Waals surface area contributed by atoms with Crippen molar-refractivity contribution < 1.29 is 0 Å². The number of hydrogen-bond donors (Lipinski definition) is 1. The van der Waals surface area contributed by atoms with Gasteiger partial charge in [-0.3, -0.25) is 4.99 Å². The number of anilines is 1. The van der Waals surface area contributed by atoms with Gasteiger partial charge in [0.1, 0.15) is 0 Å². The molecule has 2 heterocycles. The molecule has 1 aliphatic heterocycles. The minimum absolute atomic E-state index is 0.787. The van der Waals surface area contributed by atoms with Crippen molar-refractivity contribution in [2.24, 2.45) is 4.99 Å². The van der Waals surface area contributed by atoms with Gasteiger partial charge in [0, 0.05) is 52.2 Å². The zero-order valence-electron chi connectivity index (χ0n) is 14.3. The van der Waals surface area contributed by atoms with Gasteiger partial charge in [0.25, 0.3) is 0 Å². The molecule has 0 saturated carbocycles. The van der Waals surface area contributed by atoms with Crippen molar-refractivity contribution in [3.8, 4) is 0 Å². The van der Waals surface area contributed by atoms with Crippen LogP contribution >= 0.6 is 0 Å². The molecule has 1 aromatic heterocycles. The predicted molar refractivity (Wildman–Crippen MR) is 97.2 cm³/mol. The summed E-state index contributed by atoms with van der Waals surface area (Å²) in [6, 6.07) is 10.4. The molecule has 0 amide bonds. The SMILES string of the molecule is CN=C(NCc1ccc(C)cc1)N1CCN(c2ncccn2)CC1. The van der Waals surface area contributed by atoms with Crippen LogP contribution in [-0.4, -0.2) is 54.1 Å². The van der Waals surface area contributed by atoms with E-state index in [-0.39, 0.29) is 0 Å². The summed E-state index contributed by atoms with van der Waals surface area (Å²) in [7, 11) is 1.84. The van der Waals surface area contributed by atoms with E-state index in [1.165, 1.54) is 11.1 Å². The number of nitrogens with one attached hydrogen (secondary N) is 1. The number of aryl methyl sites for hydroxylation is 1. The molecule has 0 spiro atoms. The third-order valence-electron chi connectivity index (χ3n) is 4.20. The van der Waals surface area contributed by atoms with Gasteiger partial charge in [-0.05, 0) is 18.6 Å². The van der Waals surface area contributed by atoms with Crippen molar-refractivity contribution in [2.75, 3.05) is 38.1 Å². The number of rotatable bonds is 3. The Labute approximate surface area is 143 Å². The first-order valence-electron chi connectivity index (χ1n) is 8.29. The Morgan fingerprint density at radius 2 is 1.75 bits per heavy atom. The van der Waals surface area contributed by atoms with Crippen molar-refractivity contribution in [3.05, 3.63) is 53.9 Å². The second-order valence-electron chi connectivity index (χ2n) is 5.91. The van der Waals surface area contributed by atoms with E-state index in [0.29, 0.717) is 0 Å². The minimum Gasteiger partial charge on any atom is -0.352 e. The van der Waals surface area contributed by atoms with E-state index < -0.39 is 0 Å². The maximum Gasteiger partial charge on any atom is 0.225 e. The molecule has 1 fully saturated rings. The zero-order valence-corrected chi connectivity index (χ0v) is 14.3. The lowest BCUT2D eigenvalue weighted by Gasteiger charge is -2.36. The summed E-state index contributed by atoms with van der Waals surface area (Å²) in [5, 5.41) is 3.46. The molecule has 2 aromatic rings. The fourth-order valence-corrected chi connectivity index (χ4v) is 2.79. The van der Waals surface area contributed by atoms with Crippen LogP contribution in [0.15, 0.2) is 47.7 Å². The topological polar surface area (TPSA) is 56.7 Å². The quantitative estimate of drug-likeness (QED) is 0.688. The summed E-state index contributed by atoms with van der Waals surface area (Å²) in [6.07, 6.45) is 3.58. The molecule has 126 valence electrons. The predicted octanol–water partition coefficient (Wildman–Crippen LogP) is 1.68. The average molecular weight is 324 g/mol. The lowest BCUT2D eigenvalue weighted by molar-refractivity contribution is 0.370. The molecule has 0 unspecified atom stereocenters. The Hall–Kier alpha value is -2.63. The molecule has 0 aliphatic carbocycles. The third kappa shape index (κ3) is 4.01. The van der Waals surface area contributed by atoms with Crippen LogP contribution in [-0.2, 0) is 6.54 Å². The van der Waals surface area contributed by atoms with E-state index in [1.54, 1.807) is 12.4 Å². The normalized spacial score (nSPS) is 15.5. The highest BCUT2D eigenvalue weighted by molar-refractivity contribution is 5.80. The van der Waals surface area contributed by atoms with Crippen LogP contribution in [0.1, 0.15) is 11.1 Å². The molecule has 6 nitrogen and oxygen atoms in total. The maximum absolute atomic E-state index is 4.42. The van der Waals surface area contributed by atoms with Gasteiger partial charge in [-0.2, -0.15) is 0 Å². The van der Waals surface area contributed by atoms with E-state index in [1.807, 2.05) is 13.1 Å². The maximum atomic E-state index is 4.42. The van der Waals surface area contributed by atoms with E-state index >= 15 is 0 Å². The van der Waals surface area contributed by atoms with Crippen LogP contribution < -0.4 is 10.2 Å². The highest BCUT2D eigenvalue weighted by Crippen LogP contribution is 2.10. The van der Waals surface area contributed by atoms with Gasteiger partial charge < -0.3 is 15.1 Å². The van der Waals surface area contributed by atoms with Crippen molar-refractivity contribution >= 4 is 11.9 Å². The first-order chi connectivity index (χ1) is 11.8. The number of piperazine rings is 1. The average Bonchev–Trinajstić information content (AvgIpc) is 2.65. The van der Waals surface area contributed by atoms with Crippen LogP contribution in [0.5, 0.6) is 0 Å². The lowest BCUT2D eigenvalue weighted by Crippen LogP contribution is -2.52. The van der Waals surface area contributed by atoms with E-state index in [0.717, 1.165) is 44.6 Å². The lowest BCUT2D eigenvalue weighted by atomic mass is 10.1. The number of hydrogen-bond acceptors (Lipinski definition) is 4. The fourth-order valence-electron chi connectivity index (χ4n) is 2.79. The Morgan fingerprint density at radius 1 is 1.08 bits per heavy atom. The standard InChI is InChI=1S/C18H24N6/c1-15-4-6-16(7-5-15)14-22-17(19-2)23-10-12-24(13-11-23)18-20-8-3-9-21-18/h3-9H,10-14H2,1-2H3,(H,19,22). The second-order valence-corrected chi connectivity index (χ2v) is 5.91. The van der Waals surface area contributed by atoms with Gasteiger partial charge in [0.15, 0.2) is 5.96 Å². The first kappa shape index (κ1) is 16.2. The van der Waals surface area contributed by atoms with Gasteiger partial charge >= 0.3 is 0 Å². The van der Waals surface area contributed by atoms with Crippen molar-refractivity contribution in [2.45, 2.75) is 13.5 Å². The van der Waals surface area contributed by atoms with Gasteiger partial charge in [0.2, 0.25) is 5.95 Å². The molecule has 0 radical (unpaired) electrons. The molecular formula is C18H24N6. The number of aromatic nitrogens is 2. The number of benzene rings is 1. The number of nitrogens with zero attached hydrogens (tertiary/aromatic N) is 5.